The molecular weight excluding hydrogens is 246 g/mol. The highest BCUT2D eigenvalue weighted by atomic mass is 16.5. The number of aryl methyl sites for hydroxylation is 1. The molecule has 0 saturated heterocycles. The van der Waals surface area contributed by atoms with E-state index in [0.717, 1.165) is 25.3 Å². The number of hydrogen-bond donors (Lipinski definition) is 1. The fraction of sp³-hybridized carbons (Fsp3) is 0.667. The summed E-state index contributed by atoms with van der Waals surface area (Å²) < 4.78 is 6.01. The van der Waals surface area contributed by atoms with Gasteiger partial charge >= 0.3 is 0 Å². The first kappa shape index (κ1) is 17.0. The Bertz CT molecular complexity index is 387. The summed E-state index contributed by atoms with van der Waals surface area (Å²) in [6.45, 7) is 13.2. The first-order valence-electron chi connectivity index (χ1n) is 8.02. The predicted molar refractivity (Wildman–Crippen MR) is 87.8 cm³/mol. The molecule has 1 unspecified atom stereocenters. The maximum absolute atomic E-state index is 6.01. The molecule has 0 radical (unpaired) electrons. The third-order valence-corrected chi connectivity index (χ3v) is 3.59. The Balaban J connectivity index is 2.38. The first-order valence-corrected chi connectivity index (χ1v) is 8.02. The van der Waals surface area contributed by atoms with Crippen LogP contribution < -0.4 is 10.1 Å². The van der Waals surface area contributed by atoms with Crippen molar-refractivity contribution >= 4 is 0 Å². The topological polar surface area (TPSA) is 21.3 Å². The highest BCUT2D eigenvalue weighted by molar-refractivity contribution is 5.36. The largest absolute Gasteiger partial charge is 0.491 e. The molecular formula is C18H31NO. The van der Waals surface area contributed by atoms with Gasteiger partial charge in [0, 0.05) is 0 Å². The number of ether oxygens (including phenoxy) is 1. The zero-order valence-electron chi connectivity index (χ0n) is 13.8. The molecule has 0 aromatic heterocycles. The summed E-state index contributed by atoms with van der Waals surface area (Å²) in [6, 6.07) is 6.47. The molecule has 20 heavy (non-hydrogen) atoms. The average molecular weight is 277 g/mol. The van der Waals surface area contributed by atoms with E-state index in [9.17, 15) is 0 Å². The zero-order chi connectivity index (χ0) is 15.0. The van der Waals surface area contributed by atoms with Crippen molar-refractivity contribution in [1.29, 1.82) is 0 Å². The second-order valence-corrected chi connectivity index (χ2v) is 5.99. The molecule has 1 atom stereocenters. The first-order chi connectivity index (χ1) is 9.54. The molecule has 1 aromatic carbocycles. The van der Waals surface area contributed by atoms with E-state index in [2.05, 4.69) is 58.1 Å². The van der Waals surface area contributed by atoms with Crippen LogP contribution in [-0.4, -0.2) is 19.2 Å². The average Bonchev–Trinajstić information content (AvgIpc) is 2.38. The van der Waals surface area contributed by atoms with Gasteiger partial charge < -0.3 is 10.1 Å². The number of rotatable bonds is 9. The van der Waals surface area contributed by atoms with Crippen molar-refractivity contribution in [3.63, 3.8) is 0 Å². The smallest absolute Gasteiger partial charge is 0.119 e. The minimum absolute atomic E-state index is 0.280. The molecule has 0 aliphatic carbocycles. The van der Waals surface area contributed by atoms with Crippen LogP contribution in [0.2, 0.25) is 0 Å². The second-order valence-electron chi connectivity index (χ2n) is 5.99. The van der Waals surface area contributed by atoms with E-state index in [1.807, 2.05) is 0 Å². The van der Waals surface area contributed by atoms with Gasteiger partial charge in [0.15, 0.2) is 0 Å². The summed E-state index contributed by atoms with van der Waals surface area (Å²) in [4.78, 5) is 0. The van der Waals surface area contributed by atoms with Crippen molar-refractivity contribution in [2.75, 3.05) is 13.1 Å². The quantitative estimate of drug-likeness (QED) is 0.663. The molecule has 0 amide bonds. The van der Waals surface area contributed by atoms with E-state index in [0.29, 0.717) is 5.92 Å². The fourth-order valence-electron chi connectivity index (χ4n) is 2.48. The van der Waals surface area contributed by atoms with Gasteiger partial charge in [-0.3, -0.25) is 0 Å². The lowest BCUT2D eigenvalue weighted by atomic mass is 9.98. The molecule has 0 bridgehead atoms. The van der Waals surface area contributed by atoms with Crippen LogP contribution in [0.5, 0.6) is 5.75 Å². The highest BCUT2D eigenvalue weighted by Gasteiger charge is 2.07. The summed E-state index contributed by atoms with van der Waals surface area (Å²) in [5.74, 6) is 1.58. The summed E-state index contributed by atoms with van der Waals surface area (Å²) in [7, 11) is 0. The Kier molecular flexibility index (Phi) is 7.68. The van der Waals surface area contributed by atoms with Crippen molar-refractivity contribution in [2.24, 2.45) is 0 Å². The van der Waals surface area contributed by atoms with Gasteiger partial charge in [0.2, 0.25) is 0 Å². The molecule has 0 aliphatic heterocycles. The standard InChI is InChI=1S/C18H31NO/c1-6-11-19-12-7-8-16(5)20-17-9-10-18(14(2)3)15(4)13-17/h9-10,13-14,16,19H,6-8,11-12H2,1-5H3. The van der Waals surface area contributed by atoms with Crippen LogP contribution in [0.4, 0.5) is 0 Å². The predicted octanol–water partition coefficient (Wildman–Crippen LogP) is 4.67. The molecule has 2 heteroatoms. The van der Waals surface area contributed by atoms with Crippen LogP contribution in [0.3, 0.4) is 0 Å². The van der Waals surface area contributed by atoms with Gasteiger partial charge in [0.25, 0.3) is 0 Å². The molecule has 1 aromatic rings. The fourth-order valence-corrected chi connectivity index (χ4v) is 2.48. The van der Waals surface area contributed by atoms with Crippen LogP contribution in [0.25, 0.3) is 0 Å². The van der Waals surface area contributed by atoms with Crippen molar-refractivity contribution in [3.8, 4) is 5.75 Å². The summed E-state index contributed by atoms with van der Waals surface area (Å²) in [5.41, 5.74) is 2.74. The molecule has 114 valence electrons. The van der Waals surface area contributed by atoms with Crippen LogP contribution >= 0.6 is 0 Å². The van der Waals surface area contributed by atoms with Crippen LogP contribution in [0.1, 0.15) is 64.0 Å². The maximum atomic E-state index is 6.01. The van der Waals surface area contributed by atoms with Gasteiger partial charge in [-0.2, -0.15) is 0 Å². The zero-order valence-corrected chi connectivity index (χ0v) is 13.8. The molecule has 0 fully saturated rings. The Morgan fingerprint density at radius 3 is 2.50 bits per heavy atom. The third kappa shape index (κ3) is 5.96. The lowest BCUT2D eigenvalue weighted by molar-refractivity contribution is 0.207. The van der Waals surface area contributed by atoms with Gasteiger partial charge in [-0.25, -0.2) is 0 Å². The minimum atomic E-state index is 0.280. The van der Waals surface area contributed by atoms with Crippen LogP contribution in [0, 0.1) is 6.92 Å². The van der Waals surface area contributed by atoms with Gasteiger partial charge in [-0.1, -0.05) is 26.8 Å². The SMILES string of the molecule is CCCNCCCC(C)Oc1ccc(C(C)C)c(C)c1. The van der Waals surface area contributed by atoms with E-state index in [1.54, 1.807) is 0 Å². The summed E-state index contributed by atoms with van der Waals surface area (Å²) in [6.07, 6.45) is 3.75. The minimum Gasteiger partial charge on any atom is -0.491 e. The number of nitrogens with one attached hydrogen (secondary N) is 1. The van der Waals surface area contributed by atoms with Crippen molar-refractivity contribution in [2.45, 2.75) is 65.9 Å². The Hall–Kier alpha value is -1.02. The molecule has 0 aliphatic rings. The van der Waals surface area contributed by atoms with Gasteiger partial charge in [0.1, 0.15) is 5.75 Å². The summed E-state index contributed by atoms with van der Waals surface area (Å²) >= 11 is 0. The molecule has 2 nitrogen and oxygen atoms in total. The number of hydrogen-bond acceptors (Lipinski definition) is 2. The van der Waals surface area contributed by atoms with E-state index in [4.69, 9.17) is 4.74 Å². The molecule has 0 heterocycles. The monoisotopic (exact) mass is 277 g/mol. The van der Waals surface area contributed by atoms with Gasteiger partial charge in [0.05, 0.1) is 6.10 Å². The van der Waals surface area contributed by atoms with E-state index in [1.165, 1.54) is 24.0 Å². The maximum Gasteiger partial charge on any atom is 0.119 e. The van der Waals surface area contributed by atoms with Crippen LogP contribution in [0.15, 0.2) is 18.2 Å². The lowest BCUT2D eigenvalue weighted by Gasteiger charge is -2.17. The van der Waals surface area contributed by atoms with E-state index in [-0.39, 0.29) is 6.10 Å². The van der Waals surface area contributed by atoms with E-state index < -0.39 is 0 Å². The van der Waals surface area contributed by atoms with E-state index >= 15 is 0 Å². The third-order valence-electron chi connectivity index (χ3n) is 3.59. The molecule has 0 saturated carbocycles. The van der Waals surface area contributed by atoms with Crippen molar-refractivity contribution in [1.82, 2.24) is 5.32 Å². The number of benzene rings is 1. The van der Waals surface area contributed by atoms with Crippen molar-refractivity contribution in [3.05, 3.63) is 29.3 Å². The Labute approximate surface area is 124 Å². The van der Waals surface area contributed by atoms with Gasteiger partial charge in [-0.05, 0) is 75.4 Å². The normalized spacial score (nSPS) is 12.7. The molecule has 1 rings (SSSR count). The Morgan fingerprint density at radius 2 is 1.90 bits per heavy atom. The summed E-state index contributed by atoms with van der Waals surface area (Å²) in [5, 5.41) is 3.43. The van der Waals surface area contributed by atoms with Crippen LogP contribution in [-0.2, 0) is 0 Å². The van der Waals surface area contributed by atoms with Crippen molar-refractivity contribution < 1.29 is 4.74 Å². The highest BCUT2D eigenvalue weighted by Crippen LogP contribution is 2.24. The lowest BCUT2D eigenvalue weighted by Crippen LogP contribution is -2.19. The molecule has 1 N–H and O–H groups in total. The Morgan fingerprint density at radius 1 is 1.15 bits per heavy atom. The van der Waals surface area contributed by atoms with Gasteiger partial charge in [-0.15, -0.1) is 0 Å². The second kappa shape index (κ2) is 9.02. The molecule has 0 spiro atoms.